The molecule has 0 saturated carbocycles. The monoisotopic (exact) mass is 465 g/mol. The van der Waals surface area contributed by atoms with E-state index in [2.05, 4.69) is 19.1 Å². The average Bonchev–Trinajstić information content (AvgIpc) is 3.71. The zero-order chi connectivity index (χ0) is 23.0. The minimum atomic E-state index is -2.97. The Morgan fingerprint density at radius 1 is 0.970 bits per heavy atom. The Hall–Kier alpha value is -3.03. The van der Waals surface area contributed by atoms with Crippen LogP contribution < -0.4 is 4.74 Å². The topological polar surface area (TPSA) is 84.7 Å². The molecule has 0 radical (unpaired) electrons. The number of nitro benzene ring substituents is 1. The van der Waals surface area contributed by atoms with Gasteiger partial charge in [-0.2, -0.15) is 0 Å². The zero-order valence-electron chi connectivity index (χ0n) is 18.2. The van der Waals surface area contributed by atoms with Crippen LogP contribution in [0.4, 0.5) is 5.69 Å². The van der Waals surface area contributed by atoms with Crippen LogP contribution >= 0.6 is 7.67 Å². The van der Waals surface area contributed by atoms with Gasteiger partial charge in [0.15, 0.2) is 0 Å². The van der Waals surface area contributed by atoms with Gasteiger partial charge in [0.1, 0.15) is 5.75 Å². The van der Waals surface area contributed by atoms with E-state index in [1.165, 1.54) is 6.07 Å². The Bertz CT molecular complexity index is 1220. The molecule has 9 heteroatoms. The fourth-order valence-electron chi connectivity index (χ4n) is 3.70. The van der Waals surface area contributed by atoms with Crippen molar-refractivity contribution in [1.29, 1.82) is 0 Å². The van der Waals surface area contributed by atoms with E-state index in [0.717, 1.165) is 42.9 Å². The van der Waals surface area contributed by atoms with E-state index >= 15 is 0 Å². The lowest BCUT2D eigenvalue weighted by Gasteiger charge is -2.19. The third kappa shape index (κ3) is 4.70. The molecule has 2 heterocycles. The van der Waals surface area contributed by atoms with E-state index in [1.54, 1.807) is 24.3 Å². The maximum atomic E-state index is 13.1. The first-order valence-electron chi connectivity index (χ1n) is 10.8. The summed E-state index contributed by atoms with van der Waals surface area (Å²) in [5.41, 5.74) is 3.85. The molecule has 8 nitrogen and oxygen atoms in total. The summed E-state index contributed by atoms with van der Waals surface area (Å²) in [6.45, 7) is 5.20. The molecule has 0 amide bonds. The van der Waals surface area contributed by atoms with E-state index in [-0.39, 0.29) is 18.0 Å². The largest absolute Gasteiger partial charge is 0.450 e. The van der Waals surface area contributed by atoms with Crippen molar-refractivity contribution in [3.8, 4) is 22.6 Å². The summed E-state index contributed by atoms with van der Waals surface area (Å²) < 4.78 is 28.5. The number of rotatable bonds is 9. The lowest BCUT2D eigenvalue weighted by Crippen LogP contribution is -2.08. The van der Waals surface area contributed by atoms with Crippen LogP contribution in [0.1, 0.15) is 11.1 Å². The van der Waals surface area contributed by atoms with Crippen LogP contribution in [0.3, 0.4) is 0 Å². The highest BCUT2D eigenvalue weighted by molar-refractivity contribution is 7.54. The summed E-state index contributed by atoms with van der Waals surface area (Å²) in [6.07, 6.45) is 0. The molecule has 2 saturated heterocycles. The fraction of sp³-hybridized carbons (Fsp3) is 0.250. The Morgan fingerprint density at radius 2 is 1.64 bits per heavy atom. The van der Waals surface area contributed by atoms with Crippen LogP contribution in [0, 0.1) is 17.0 Å². The van der Waals surface area contributed by atoms with E-state index in [9.17, 15) is 14.7 Å². The first kappa shape index (κ1) is 21.8. The van der Waals surface area contributed by atoms with Crippen LogP contribution in [0.2, 0.25) is 0 Å². The molecule has 3 aromatic carbocycles. The summed E-state index contributed by atoms with van der Waals surface area (Å²) in [5.74, 6) is 0.616. The molecular weight excluding hydrogens is 441 g/mol. The minimum Gasteiger partial charge on any atom is -0.450 e. The van der Waals surface area contributed by atoms with Crippen LogP contribution in [0.5, 0.6) is 11.5 Å². The fourth-order valence-corrected chi connectivity index (χ4v) is 5.89. The number of nitrogens with zero attached hydrogens (tertiary/aromatic N) is 3. The van der Waals surface area contributed by atoms with E-state index in [1.807, 2.05) is 33.6 Å². The van der Waals surface area contributed by atoms with Gasteiger partial charge in [-0.25, -0.2) is 9.34 Å². The number of hydrogen-bond acceptors (Lipinski definition) is 5. The van der Waals surface area contributed by atoms with E-state index in [4.69, 9.17) is 9.26 Å². The number of benzene rings is 3. The van der Waals surface area contributed by atoms with Gasteiger partial charge in [0.2, 0.25) is 5.75 Å². The molecule has 5 rings (SSSR count). The predicted octanol–water partition coefficient (Wildman–Crippen LogP) is 5.62. The van der Waals surface area contributed by atoms with Crippen LogP contribution in [0.15, 0.2) is 66.7 Å². The molecule has 170 valence electrons. The summed E-state index contributed by atoms with van der Waals surface area (Å²) >= 11 is 0. The van der Waals surface area contributed by atoms with Crippen LogP contribution in [-0.4, -0.2) is 40.4 Å². The van der Waals surface area contributed by atoms with Crippen LogP contribution in [-0.2, 0) is 15.7 Å². The Morgan fingerprint density at radius 3 is 2.24 bits per heavy atom. The smallest absolute Gasteiger partial charge is 0.346 e. The highest BCUT2D eigenvalue weighted by atomic mass is 31.2. The molecule has 0 N–H and O–H groups in total. The lowest BCUT2D eigenvalue weighted by atomic mass is 10.0. The number of hydrogen-bond donors (Lipinski definition) is 0. The standard InChI is InChI=1S/C24H24N3O5P/c1-18-4-2-3-5-22(18)20-7-9-21(10-8-20)32-24-16-19(6-11-23(24)27(28)29)17-31-33(30,25-12-13-25)26-14-15-26/h2-11,16H,12-15,17H2,1H3. The van der Waals surface area contributed by atoms with Gasteiger partial charge in [-0.3, -0.25) is 14.7 Å². The Balaban J connectivity index is 1.35. The quantitative estimate of drug-likeness (QED) is 0.176. The second-order valence-corrected chi connectivity index (χ2v) is 10.5. The molecule has 0 aromatic heterocycles. The highest BCUT2D eigenvalue weighted by Crippen LogP contribution is 2.61. The molecule has 0 unspecified atom stereocenters. The third-order valence-electron chi connectivity index (χ3n) is 5.72. The van der Waals surface area contributed by atoms with Gasteiger partial charge < -0.3 is 9.26 Å². The number of ether oxygens (including phenoxy) is 1. The molecule has 0 aliphatic carbocycles. The molecule has 2 fully saturated rings. The molecule has 0 spiro atoms. The highest BCUT2D eigenvalue weighted by Gasteiger charge is 2.49. The first-order chi connectivity index (χ1) is 15.9. The van der Waals surface area contributed by atoms with E-state index in [0.29, 0.717) is 11.3 Å². The minimum absolute atomic E-state index is 0.0881. The molecule has 0 atom stereocenters. The van der Waals surface area contributed by atoms with Gasteiger partial charge in [-0.1, -0.05) is 36.4 Å². The summed E-state index contributed by atoms with van der Waals surface area (Å²) in [4.78, 5) is 11.1. The summed E-state index contributed by atoms with van der Waals surface area (Å²) in [5, 5.41) is 11.5. The maximum Gasteiger partial charge on any atom is 0.346 e. The van der Waals surface area contributed by atoms with Gasteiger partial charge in [0, 0.05) is 32.2 Å². The van der Waals surface area contributed by atoms with Crippen LogP contribution in [0.25, 0.3) is 11.1 Å². The molecule has 3 aromatic rings. The van der Waals surface area contributed by atoms with E-state index < -0.39 is 12.6 Å². The predicted molar refractivity (Wildman–Crippen MR) is 125 cm³/mol. The SMILES string of the molecule is Cc1ccccc1-c1ccc(Oc2cc(COP(=O)(N3CC3)N3CC3)ccc2[N+](=O)[O-])cc1. The lowest BCUT2D eigenvalue weighted by molar-refractivity contribution is -0.385. The second kappa shape index (κ2) is 8.72. The number of aryl methyl sites for hydroxylation is 1. The van der Waals surface area contributed by atoms with Gasteiger partial charge in [0.25, 0.3) is 0 Å². The first-order valence-corrected chi connectivity index (χ1v) is 12.3. The molecule has 2 aliphatic heterocycles. The summed E-state index contributed by atoms with van der Waals surface area (Å²) in [6, 6.07) is 20.1. The van der Waals surface area contributed by atoms with Crippen molar-refractivity contribution in [3.63, 3.8) is 0 Å². The molecule has 33 heavy (non-hydrogen) atoms. The molecule has 2 aliphatic rings. The van der Waals surface area contributed by atoms with Crippen molar-refractivity contribution in [2.75, 3.05) is 26.2 Å². The maximum absolute atomic E-state index is 13.1. The zero-order valence-corrected chi connectivity index (χ0v) is 19.1. The summed E-state index contributed by atoms with van der Waals surface area (Å²) in [7, 11) is -2.97. The molecular formula is C24H24N3O5P. The van der Waals surface area contributed by atoms with Gasteiger partial charge in [-0.15, -0.1) is 0 Å². The Labute approximate surface area is 192 Å². The van der Waals surface area contributed by atoms with Crippen molar-refractivity contribution >= 4 is 13.4 Å². The third-order valence-corrected chi connectivity index (χ3v) is 8.42. The molecule has 0 bridgehead atoms. The van der Waals surface area contributed by atoms with Crippen molar-refractivity contribution in [3.05, 3.63) is 88.0 Å². The second-order valence-electron chi connectivity index (χ2n) is 8.17. The normalized spacial score (nSPS) is 15.9. The van der Waals surface area contributed by atoms with Crippen molar-refractivity contribution in [2.45, 2.75) is 13.5 Å². The Kier molecular flexibility index (Phi) is 5.76. The van der Waals surface area contributed by atoms with Gasteiger partial charge >= 0.3 is 13.4 Å². The van der Waals surface area contributed by atoms with Crippen molar-refractivity contribution in [2.24, 2.45) is 0 Å². The van der Waals surface area contributed by atoms with Crippen molar-refractivity contribution < 1.29 is 18.7 Å². The average molecular weight is 465 g/mol. The number of nitro groups is 1. The van der Waals surface area contributed by atoms with Gasteiger partial charge in [-0.05, 0) is 53.4 Å². The van der Waals surface area contributed by atoms with Gasteiger partial charge in [0.05, 0.1) is 11.5 Å². The van der Waals surface area contributed by atoms with Crippen molar-refractivity contribution in [1.82, 2.24) is 9.34 Å².